The van der Waals surface area contributed by atoms with E-state index < -0.39 is 0 Å². The maximum Gasteiger partial charge on any atom is 0.319 e. The second-order valence-electron chi connectivity index (χ2n) is 2.60. The Hall–Kier alpha value is -1.01. The first kappa shape index (κ1) is 12.0. The Balaban J connectivity index is 3.23. The van der Waals surface area contributed by atoms with E-state index in [2.05, 4.69) is 24.1 Å². The van der Waals surface area contributed by atoms with Gasteiger partial charge in [0.25, 0.3) is 0 Å². The molecular weight excluding hydrogens is 166 g/mol. The van der Waals surface area contributed by atoms with E-state index in [1.807, 2.05) is 0 Å². The van der Waals surface area contributed by atoms with Crippen molar-refractivity contribution in [2.24, 2.45) is 0 Å². The van der Waals surface area contributed by atoms with E-state index in [0.29, 0.717) is 13.2 Å². The predicted octanol–water partition coefficient (Wildman–Crippen LogP) is 0.943. The molecule has 0 aromatic carbocycles. The summed E-state index contributed by atoms with van der Waals surface area (Å²) in [6.07, 6.45) is 1.97. The number of rotatable bonds is 6. The first-order valence-corrected chi connectivity index (χ1v) is 4.57. The first-order valence-electron chi connectivity index (χ1n) is 4.57. The van der Waals surface area contributed by atoms with Crippen LogP contribution in [-0.4, -0.2) is 25.7 Å². The van der Waals surface area contributed by atoms with E-state index in [9.17, 15) is 4.79 Å². The Morgan fingerprint density at radius 3 is 2.92 bits per heavy atom. The highest BCUT2D eigenvalue weighted by atomic mass is 16.5. The summed E-state index contributed by atoms with van der Waals surface area (Å²) in [5.41, 5.74) is 0. The highest BCUT2D eigenvalue weighted by Crippen LogP contribution is 1.87. The van der Waals surface area contributed by atoms with Gasteiger partial charge >= 0.3 is 5.97 Å². The van der Waals surface area contributed by atoms with Crippen LogP contribution in [0.25, 0.3) is 0 Å². The molecule has 0 rings (SSSR count). The molecule has 0 heterocycles. The number of carbonyl (C=O) groups excluding carboxylic acids is 1. The molecule has 0 aromatic rings. The first-order chi connectivity index (χ1) is 6.31. The van der Waals surface area contributed by atoms with Gasteiger partial charge in [-0.05, 0) is 13.3 Å². The molecular formula is C10H17NO2. The Labute approximate surface area is 79.8 Å². The van der Waals surface area contributed by atoms with Crippen LogP contribution in [0.3, 0.4) is 0 Å². The summed E-state index contributed by atoms with van der Waals surface area (Å²) in [6.45, 7) is 5.14. The number of hydrogen-bond donors (Lipinski definition) is 1. The van der Waals surface area contributed by atoms with Gasteiger partial charge in [0.15, 0.2) is 0 Å². The topological polar surface area (TPSA) is 38.3 Å². The molecule has 13 heavy (non-hydrogen) atoms. The average Bonchev–Trinajstić information content (AvgIpc) is 2.13. The molecule has 0 fully saturated rings. The molecule has 3 nitrogen and oxygen atoms in total. The smallest absolute Gasteiger partial charge is 0.319 e. The lowest BCUT2D eigenvalue weighted by atomic mass is 10.4. The molecule has 0 bridgehead atoms. The molecule has 0 atom stereocenters. The van der Waals surface area contributed by atoms with Gasteiger partial charge in [-0.3, -0.25) is 10.1 Å². The van der Waals surface area contributed by atoms with Crippen LogP contribution in [0.1, 0.15) is 26.7 Å². The highest BCUT2D eigenvalue weighted by molar-refractivity contribution is 5.71. The summed E-state index contributed by atoms with van der Waals surface area (Å²) >= 11 is 0. The highest BCUT2D eigenvalue weighted by Gasteiger charge is 1.99. The van der Waals surface area contributed by atoms with E-state index >= 15 is 0 Å². The third kappa shape index (κ3) is 8.90. The van der Waals surface area contributed by atoms with E-state index in [1.165, 1.54) is 0 Å². The number of esters is 1. The van der Waals surface area contributed by atoms with Gasteiger partial charge < -0.3 is 4.74 Å². The molecule has 1 N–H and O–H groups in total. The number of unbranched alkanes of at least 4 members (excludes halogenated alkanes) is 1. The van der Waals surface area contributed by atoms with Crippen LogP contribution in [-0.2, 0) is 9.53 Å². The van der Waals surface area contributed by atoms with Crippen LogP contribution in [0.4, 0.5) is 0 Å². The maximum atomic E-state index is 10.9. The van der Waals surface area contributed by atoms with Crippen LogP contribution in [0.2, 0.25) is 0 Å². The van der Waals surface area contributed by atoms with Crippen molar-refractivity contribution in [1.82, 2.24) is 5.32 Å². The summed E-state index contributed by atoms with van der Waals surface area (Å²) in [6, 6.07) is 0. The third-order valence-corrected chi connectivity index (χ3v) is 1.42. The molecule has 0 aliphatic carbocycles. The number of carbonyl (C=O) groups is 1. The van der Waals surface area contributed by atoms with Gasteiger partial charge in [0.2, 0.25) is 0 Å². The summed E-state index contributed by atoms with van der Waals surface area (Å²) in [5.74, 6) is 5.33. The number of ether oxygens (including phenoxy) is 1. The fraction of sp³-hybridized carbons (Fsp3) is 0.700. The largest absolute Gasteiger partial charge is 0.465 e. The Kier molecular flexibility index (Phi) is 8.38. The fourth-order valence-electron chi connectivity index (χ4n) is 0.697. The van der Waals surface area contributed by atoms with Gasteiger partial charge in [-0.25, -0.2) is 0 Å². The van der Waals surface area contributed by atoms with Crippen molar-refractivity contribution >= 4 is 5.97 Å². The third-order valence-electron chi connectivity index (χ3n) is 1.42. The fourth-order valence-corrected chi connectivity index (χ4v) is 0.697. The summed E-state index contributed by atoms with van der Waals surface area (Å²) in [4.78, 5) is 10.9. The number of nitrogens with one attached hydrogen (secondary N) is 1. The van der Waals surface area contributed by atoms with E-state index in [1.54, 1.807) is 6.92 Å². The molecule has 0 aliphatic rings. The summed E-state index contributed by atoms with van der Waals surface area (Å²) < 4.78 is 4.91. The lowest BCUT2D eigenvalue weighted by Gasteiger charge is -2.02. The molecule has 0 saturated carbocycles. The Morgan fingerprint density at radius 1 is 1.54 bits per heavy atom. The van der Waals surface area contributed by atoms with Crippen molar-refractivity contribution in [3.63, 3.8) is 0 Å². The molecule has 0 aliphatic heterocycles. The zero-order valence-electron chi connectivity index (χ0n) is 8.35. The van der Waals surface area contributed by atoms with Crippen LogP contribution in [0.15, 0.2) is 0 Å². The molecule has 0 amide bonds. The van der Waals surface area contributed by atoms with Gasteiger partial charge in [0.1, 0.15) is 0 Å². The monoisotopic (exact) mass is 183 g/mol. The van der Waals surface area contributed by atoms with Gasteiger partial charge in [-0.2, -0.15) is 0 Å². The van der Waals surface area contributed by atoms with Crippen molar-refractivity contribution in [2.45, 2.75) is 26.7 Å². The minimum Gasteiger partial charge on any atom is -0.465 e. The van der Waals surface area contributed by atoms with Crippen molar-refractivity contribution in [3.05, 3.63) is 0 Å². The van der Waals surface area contributed by atoms with Gasteiger partial charge in [-0.15, -0.1) is 5.92 Å². The molecule has 0 radical (unpaired) electrons. The molecule has 0 spiro atoms. The second kappa shape index (κ2) is 9.08. The Morgan fingerprint density at radius 2 is 2.31 bits per heavy atom. The molecule has 0 saturated heterocycles. The zero-order valence-corrected chi connectivity index (χ0v) is 8.35. The van der Waals surface area contributed by atoms with Crippen LogP contribution in [0.5, 0.6) is 0 Å². The van der Waals surface area contributed by atoms with E-state index in [-0.39, 0.29) is 12.5 Å². The van der Waals surface area contributed by atoms with E-state index in [0.717, 1.165) is 12.8 Å². The lowest BCUT2D eigenvalue weighted by molar-refractivity contribution is -0.142. The quantitative estimate of drug-likeness (QED) is 0.378. The Bertz CT molecular complexity index is 191. The molecule has 3 heteroatoms. The van der Waals surface area contributed by atoms with Crippen molar-refractivity contribution in [1.29, 1.82) is 0 Å². The normalized spacial score (nSPS) is 8.77. The van der Waals surface area contributed by atoms with Gasteiger partial charge in [0, 0.05) is 0 Å². The minimum absolute atomic E-state index is 0.202. The van der Waals surface area contributed by atoms with Crippen molar-refractivity contribution in [2.75, 3.05) is 19.7 Å². The molecule has 0 aromatic heterocycles. The predicted molar refractivity (Wildman–Crippen MR) is 52.2 cm³/mol. The van der Waals surface area contributed by atoms with E-state index in [4.69, 9.17) is 4.74 Å². The molecule has 74 valence electrons. The standard InChI is InChI=1S/C10H17NO2/c1-3-5-7-11-9-10(12)13-8-6-4-2/h11H,4,6-9H2,1-2H3. The van der Waals surface area contributed by atoms with Gasteiger partial charge in [-0.1, -0.05) is 19.3 Å². The van der Waals surface area contributed by atoms with Crippen LogP contribution in [0, 0.1) is 11.8 Å². The summed E-state index contributed by atoms with van der Waals surface area (Å²) in [7, 11) is 0. The van der Waals surface area contributed by atoms with Crippen LogP contribution < -0.4 is 5.32 Å². The minimum atomic E-state index is -0.202. The van der Waals surface area contributed by atoms with Crippen LogP contribution >= 0.6 is 0 Å². The summed E-state index contributed by atoms with van der Waals surface area (Å²) in [5, 5.41) is 2.86. The SMILES string of the molecule is CC#CCNCC(=O)OCCCC. The average molecular weight is 183 g/mol. The number of hydrogen-bond acceptors (Lipinski definition) is 3. The maximum absolute atomic E-state index is 10.9. The van der Waals surface area contributed by atoms with Crippen molar-refractivity contribution < 1.29 is 9.53 Å². The van der Waals surface area contributed by atoms with Gasteiger partial charge in [0.05, 0.1) is 19.7 Å². The lowest BCUT2D eigenvalue weighted by Crippen LogP contribution is -2.25. The van der Waals surface area contributed by atoms with Crippen molar-refractivity contribution in [3.8, 4) is 11.8 Å². The molecule has 0 unspecified atom stereocenters. The second-order valence-corrected chi connectivity index (χ2v) is 2.60. The zero-order chi connectivity index (χ0) is 9.94.